The van der Waals surface area contributed by atoms with Crippen LogP contribution >= 0.6 is 0 Å². The second kappa shape index (κ2) is 9.22. The van der Waals surface area contributed by atoms with Gasteiger partial charge in [-0.2, -0.15) is 5.10 Å². The summed E-state index contributed by atoms with van der Waals surface area (Å²) in [6.45, 7) is 6.81. The molecule has 3 rings (SSSR count). The Hall–Kier alpha value is -3.08. The van der Waals surface area contributed by atoms with Crippen LogP contribution in [0.3, 0.4) is 0 Å². The second-order valence-electron chi connectivity index (χ2n) is 7.23. The zero-order valence-electron chi connectivity index (χ0n) is 16.7. The lowest BCUT2D eigenvalue weighted by Crippen LogP contribution is -2.27. The van der Waals surface area contributed by atoms with Crippen LogP contribution in [0.15, 0.2) is 60.7 Å². The minimum atomic E-state index is 0.0474. The van der Waals surface area contributed by atoms with Crippen molar-refractivity contribution < 1.29 is 9.53 Å². The summed E-state index contributed by atoms with van der Waals surface area (Å²) in [4.78, 5) is 12.2. The van der Waals surface area contributed by atoms with Crippen LogP contribution in [0.5, 0.6) is 11.6 Å². The fourth-order valence-electron chi connectivity index (χ4n) is 2.92. The molecule has 2 aromatic carbocycles. The number of hydrogen-bond acceptors (Lipinski definition) is 3. The molecule has 5 nitrogen and oxygen atoms in total. The molecule has 3 aromatic rings. The highest BCUT2D eigenvalue weighted by molar-refractivity contribution is 5.76. The van der Waals surface area contributed by atoms with E-state index in [1.54, 1.807) is 0 Å². The summed E-state index contributed by atoms with van der Waals surface area (Å²) in [6, 6.07) is 19.5. The van der Waals surface area contributed by atoms with Gasteiger partial charge in [-0.25, -0.2) is 4.68 Å². The van der Waals surface area contributed by atoms with Crippen molar-refractivity contribution in [3.05, 3.63) is 71.9 Å². The van der Waals surface area contributed by atoms with Gasteiger partial charge in [-0.05, 0) is 43.5 Å². The number of nitrogens with one attached hydrogen (secondary N) is 1. The number of nitrogens with zero attached hydrogens (tertiary/aromatic N) is 2. The van der Waals surface area contributed by atoms with Gasteiger partial charge in [0.15, 0.2) is 0 Å². The lowest BCUT2D eigenvalue weighted by molar-refractivity contribution is -0.121. The van der Waals surface area contributed by atoms with Gasteiger partial charge < -0.3 is 10.1 Å². The van der Waals surface area contributed by atoms with Crippen molar-refractivity contribution in [2.24, 2.45) is 5.92 Å². The van der Waals surface area contributed by atoms with E-state index in [0.717, 1.165) is 22.7 Å². The molecule has 5 heteroatoms. The van der Waals surface area contributed by atoms with Crippen LogP contribution in [0.25, 0.3) is 5.69 Å². The molecule has 0 fully saturated rings. The first kappa shape index (κ1) is 19.7. The maximum atomic E-state index is 12.2. The summed E-state index contributed by atoms with van der Waals surface area (Å²) in [5, 5.41) is 7.66. The molecule has 0 aliphatic carbocycles. The van der Waals surface area contributed by atoms with E-state index in [2.05, 4.69) is 24.3 Å². The Bertz CT molecular complexity index is 902. The molecule has 0 aliphatic heterocycles. The highest BCUT2D eigenvalue weighted by atomic mass is 16.5. The largest absolute Gasteiger partial charge is 0.439 e. The van der Waals surface area contributed by atoms with Crippen LogP contribution in [0.2, 0.25) is 0 Å². The van der Waals surface area contributed by atoms with E-state index in [0.29, 0.717) is 31.2 Å². The molecule has 1 heterocycles. The molecular weight excluding hydrogens is 350 g/mol. The maximum Gasteiger partial charge on any atom is 0.226 e. The fourth-order valence-corrected chi connectivity index (χ4v) is 2.92. The Morgan fingerprint density at radius 3 is 2.36 bits per heavy atom. The first-order valence-electron chi connectivity index (χ1n) is 9.68. The molecule has 1 aromatic heterocycles. The van der Waals surface area contributed by atoms with Crippen molar-refractivity contribution in [3.8, 4) is 17.3 Å². The van der Waals surface area contributed by atoms with Crippen LogP contribution in [0.4, 0.5) is 0 Å². The molecular formula is C23H27N3O2. The van der Waals surface area contributed by atoms with E-state index in [1.807, 2.05) is 72.3 Å². The van der Waals surface area contributed by atoms with Crippen LogP contribution in [0, 0.1) is 12.8 Å². The Labute approximate surface area is 166 Å². The van der Waals surface area contributed by atoms with Crippen LogP contribution in [0.1, 0.15) is 31.5 Å². The van der Waals surface area contributed by atoms with Gasteiger partial charge in [0.25, 0.3) is 0 Å². The number of ether oxygens (including phenoxy) is 1. The van der Waals surface area contributed by atoms with Gasteiger partial charge in [0.2, 0.25) is 11.8 Å². The van der Waals surface area contributed by atoms with Gasteiger partial charge in [0.1, 0.15) is 5.75 Å². The van der Waals surface area contributed by atoms with Crippen molar-refractivity contribution in [2.75, 3.05) is 6.54 Å². The standard InChI is InChI=1S/C23H27N3O2/c1-17(2)16-24-22(27)15-14-21-18(3)25-26(19-10-6-4-7-11-19)23(21)28-20-12-8-5-9-13-20/h4-13,17H,14-16H2,1-3H3,(H,24,27). The van der Waals surface area contributed by atoms with Crippen LogP contribution in [-0.4, -0.2) is 22.2 Å². The molecule has 0 saturated carbocycles. The van der Waals surface area contributed by atoms with E-state index in [1.165, 1.54) is 0 Å². The Morgan fingerprint density at radius 2 is 1.71 bits per heavy atom. The van der Waals surface area contributed by atoms with Gasteiger partial charge in [-0.3, -0.25) is 4.79 Å². The molecule has 28 heavy (non-hydrogen) atoms. The molecule has 0 saturated heterocycles. The first-order chi connectivity index (χ1) is 13.5. The predicted octanol–water partition coefficient (Wildman–Crippen LogP) is 4.68. The van der Waals surface area contributed by atoms with Gasteiger partial charge in [-0.1, -0.05) is 50.2 Å². The highest BCUT2D eigenvalue weighted by Crippen LogP contribution is 2.31. The minimum Gasteiger partial charge on any atom is -0.439 e. The van der Waals surface area contributed by atoms with Crippen molar-refractivity contribution >= 4 is 5.91 Å². The van der Waals surface area contributed by atoms with Crippen molar-refractivity contribution in [1.29, 1.82) is 0 Å². The summed E-state index contributed by atoms with van der Waals surface area (Å²) in [5.74, 6) is 1.88. The van der Waals surface area contributed by atoms with Gasteiger partial charge in [0, 0.05) is 18.5 Å². The predicted molar refractivity (Wildman–Crippen MR) is 111 cm³/mol. The molecule has 0 spiro atoms. The van der Waals surface area contributed by atoms with E-state index in [4.69, 9.17) is 4.74 Å². The molecule has 0 bridgehead atoms. The van der Waals surface area contributed by atoms with E-state index >= 15 is 0 Å². The quantitative estimate of drug-likeness (QED) is 0.620. The fraction of sp³-hybridized carbons (Fsp3) is 0.304. The minimum absolute atomic E-state index is 0.0474. The van der Waals surface area contributed by atoms with E-state index in [9.17, 15) is 4.79 Å². The highest BCUT2D eigenvalue weighted by Gasteiger charge is 2.19. The molecule has 0 atom stereocenters. The summed E-state index contributed by atoms with van der Waals surface area (Å²) < 4.78 is 8.02. The number of aryl methyl sites for hydroxylation is 1. The van der Waals surface area contributed by atoms with Crippen molar-refractivity contribution in [1.82, 2.24) is 15.1 Å². The van der Waals surface area contributed by atoms with Gasteiger partial charge >= 0.3 is 0 Å². The molecule has 0 radical (unpaired) electrons. The molecule has 1 amide bonds. The summed E-state index contributed by atoms with van der Waals surface area (Å²) >= 11 is 0. The maximum absolute atomic E-state index is 12.2. The van der Waals surface area contributed by atoms with Crippen LogP contribution in [-0.2, 0) is 11.2 Å². The Kier molecular flexibility index (Phi) is 6.48. The monoisotopic (exact) mass is 377 g/mol. The topological polar surface area (TPSA) is 56.2 Å². The number of carbonyl (C=O) groups excluding carboxylic acids is 1. The number of amides is 1. The Balaban J connectivity index is 1.88. The third-order valence-corrected chi connectivity index (χ3v) is 4.41. The van der Waals surface area contributed by atoms with Gasteiger partial charge in [0.05, 0.1) is 11.4 Å². The third-order valence-electron chi connectivity index (χ3n) is 4.41. The SMILES string of the molecule is Cc1nn(-c2ccccc2)c(Oc2ccccc2)c1CCC(=O)NCC(C)C. The average Bonchev–Trinajstić information content (AvgIpc) is 3.01. The van der Waals surface area contributed by atoms with Crippen molar-refractivity contribution in [2.45, 2.75) is 33.6 Å². The summed E-state index contributed by atoms with van der Waals surface area (Å²) in [7, 11) is 0. The molecule has 146 valence electrons. The second-order valence-corrected chi connectivity index (χ2v) is 7.23. The first-order valence-corrected chi connectivity index (χ1v) is 9.68. The summed E-state index contributed by atoms with van der Waals surface area (Å²) in [5.41, 5.74) is 2.74. The lowest BCUT2D eigenvalue weighted by atomic mass is 10.1. The molecule has 0 aliphatic rings. The summed E-state index contributed by atoms with van der Waals surface area (Å²) in [6.07, 6.45) is 0.976. The number of benzene rings is 2. The van der Waals surface area contributed by atoms with E-state index in [-0.39, 0.29) is 5.91 Å². The average molecular weight is 377 g/mol. The Morgan fingerprint density at radius 1 is 1.07 bits per heavy atom. The van der Waals surface area contributed by atoms with E-state index < -0.39 is 0 Å². The smallest absolute Gasteiger partial charge is 0.226 e. The number of rotatable bonds is 8. The number of aromatic nitrogens is 2. The molecule has 0 unspecified atom stereocenters. The zero-order chi connectivity index (χ0) is 19.9. The van der Waals surface area contributed by atoms with Crippen molar-refractivity contribution in [3.63, 3.8) is 0 Å². The number of hydrogen-bond donors (Lipinski definition) is 1. The van der Waals surface area contributed by atoms with Crippen LogP contribution < -0.4 is 10.1 Å². The normalized spacial score (nSPS) is 10.9. The number of carbonyl (C=O) groups is 1. The molecule has 1 N–H and O–H groups in total. The number of para-hydroxylation sites is 2. The van der Waals surface area contributed by atoms with Gasteiger partial charge in [-0.15, -0.1) is 0 Å². The zero-order valence-corrected chi connectivity index (χ0v) is 16.7. The third kappa shape index (κ3) is 5.00. The lowest BCUT2D eigenvalue weighted by Gasteiger charge is -2.12.